The predicted octanol–water partition coefficient (Wildman–Crippen LogP) is 3.71. The summed E-state index contributed by atoms with van der Waals surface area (Å²) in [6, 6.07) is 0. The van der Waals surface area contributed by atoms with Crippen LogP contribution in [0.3, 0.4) is 0 Å². The highest BCUT2D eigenvalue weighted by atomic mass is 16.2. The first-order valence-electron chi connectivity index (χ1n) is 6.15. The van der Waals surface area contributed by atoms with E-state index in [4.69, 9.17) is 0 Å². The van der Waals surface area contributed by atoms with E-state index in [9.17, 15) is 4.79 Å². The van der Waals surface area contributed by atoms with Crippen molar-refractivity contribution in [2.24, 2.45) is 0 Å². The van der Waals surface area contributed by atoms with E-state index in [2.05, 4.69) is 33.1 Å². The van der Waals surface area contributed by atoms with Crippen molar-refractivity contribution in [3.8, 4) is 0 Å². The second kappa shape index (κ2) is 8.80. The lowest BCUT2D eigenvalue weighted by Gasteiger charge is -2.03. The Hall–Kier alpha value is -1.31. The number of amides is 1. The summed E-state index contributed by atoms with van der Waals surface area (Å²) in [5.41, 5.74) is 2.49. The van der Waals surface area contributed by atoms with Gasteiger partial charge in [-0.25, -0.2) is 0 Å². The average molecular weight is 235 g/mol. The SMILES string of the molecule is C=CC(=C)CCC=C(C)C.CN1CCCC1=O. The normalized spacial score (nSPS) is 13.8. The third-order valence-corrected chi connectivity index (χ3v) is 2.62. The maximum Gasteiger partial charge on any atom is 0.222 e. The summed E-state index contributed by atoms with van der Waals surface area (Å²) in [4.78, 5) is 12.3. The Morgan fingerprint density at radius 2 is 2.12 bits per heavy atom. The van der Waals surface area contributed by atoms with Crippen molar-refractivity contribution in [1.82, 2.24) is 4.90 Å². The van der Waals surface area contributed by atoms with Crippen LogP contribution in [-0.2, 0) is 4.79 Å². The topological polar surface area (TPSA) is 20.3 Å². The van der Waals surface area contributed by atoms with Crippen LogP contribution < -0.4 is 0 Å². The van der Waals surface area contributed by atoms with Crippen LogP contribution in [0.5, 0.6) is 0 Å². The zero-order valence-electron chi connectivity index (χ0n) is 11.5. The minimum Gasteiger partial charge on any atom is -0.346 e. The van der Waals surface area contributed by atoms with Crippen LogP contribution in [0.2, 0.25) is 0 Å². The van der Waals surface area contributed by atoms with Crippen LogP contribution in [0.1, 0.15) is 39.5 Å². The molecule has 0 unspecified atom stereocenters. The maximum atomic E-state index is 10.5. The number of allylic oxidation sites excluding steroid dienone is 4. The molecule has 0 saturated carbocycles. The van der Waals surface area contributed by atoms with Crippen LogP contribution in [0, 0.1) is 0 Å². The molecular weight excluding hydrogens is 210 g/mol. The summed E-state index contributed by atoms with van der Waals surface area (Å²) in [6.07, 6.45) is 7.97. The number of carbonyl (C=O) groups excluding carboxylic acids is 1. The van der Waals surface area contributed by atoms with Gasteiger partial charge < -0.3 is 4.90 Å². The molecule has 2 nitrogen and oxygen atoms in total. The second-order valence-electron chi connectivity index (χ2n) is 4.60. The molecule has 1 heterocycles. The van der Waals surface area contributed by atoms with Crippen molar-refractivity contribution < 1.29 is 4.79 Å². The molecule has 1 rings (SSSR count). The van der Waals surface area contributed by atoms with Gasteiger partial charge >= 0.3 is 0 Å². The summed E-state index contributed by atoms with van der Waals surface area (Å²) < 4.78 is 0. The van der Waals surface area contributed by atoms with Crippen molar-refractivity contribution >= 4 is 5.91 Å². The Morgan fingerprint density at radius 1 is 1.47 bits per heavy atom. The third kappa shape index (κ3) is 8.49. The minimum absolute atomic E-state index is 0.292. The Bertz CT molecular complexity index is 298. The highest BCUT2D eigenvalue weighted by Crippen LogP contribution is 2.05. The number of rotatable bonds is 4. The van der Waals surface area contributed by atoms with Gasteiger partial charge in [0, 0.05) is 20.0 Å². The first kappa shape index (κ1) is 15.7. The fourth-order valence-electron chi connectivity index (χ4n) is 1.43. The monoisotopic (exact) mass is 235 g/mol. The fraction of sp³-hybridized carbons (Fsp3) is 0.533. The molecule has 0 spiro atoms. The van der Waals surface area contributed by atoms with Crippen molar-refractivity contribution in [1.29, 1.82) is 0 Å². The van der Waals surface area contributed by atoms with Crippen LogP contribution in [0.25, 0.3) is 0 Å². The molecule has 1 saturated heterocycles. The highest BCUT2D eigenvalue weighted by Gasteiger charge is 2.14. The first-order chi connectivity index (χ1) is 7.97. The number of hydrogen-bond acceptors (Lipinski definition) is 1. The zero-order valence-corrected chi connectivity index (χ0v) is 11.5. The van der Waals surface area contributed by atoms with Gasteiger partial charge in [-0.3, -0.25) is 4.79 Å². The zero-order chi connectivity index (χ0) is 13.3. The Kier molecular flexibility index (Phi) is 8.12. The molecule has 0 bridgehead atoms. The van der Waals surface area contributed by atoms with Gasteiger partial charge in [-0.15, -0.1) is 0 Å². The molecule has 96 valence electrons. The van der Waals surface area contributed by atoms with Crippen molar-refractivity contribution in [3.05, 3.63) is 36.5 Å². The largest absolute Gasteiger partial charge is 0.346 e. The van der Waals surface area contributed by atoms with Crippen LogP contribution in [0.4, 0.5) is 0 Å². The lowest BCUT2D eigenvalue weighted by Crippen LogP contribution is -2.17. The molecule has 2 heteroatoms. The van der Waals surface area contributed by atoms with Gasteiger partial charge in [0.25, 0.3) is 0 Å². The molecular formula is C15H25NO. The number of carbonyl (C=O) groups is 1. The van der Waals surface area contributed by atoms with Crippen LogP contribution in [0.15, 0.2) is 36.5 Å². The van der Waals surface area contributed by atoms with E-state index in [0.29, 0.717) is 5.91 Å². The molecule has 0 aromatic heterocycles. The number of nitrogens with zero attached hydrogens (tertiary/aromatic N) is 1. The smallest absolute Gasteiger partial charge is 0.222 e. The molecule has 0 aliphatic carbocycles. The van der Waals surface area contributed by atoms with Crippen LogP contribution in [-0.4, -0.2) is 24.4 Å². The summed E-state index contributed by atoms with van der Waals surface area (Å²) in [7, 11) is 1.84. The Balaban J connectivity index is 0.000000318. The average Bonchev–Trinajstić information content (AvgIpc) is 2.63. The quantitative estimate of drug-likeness (QED) is 0.537. The van der Waals surface area contributed by atoms with Crippen molar-refractivity contribution in [3.63, 3.8) is 0 Å². The third-order valence-electron chi connectivity index (χ3n) is 2.62. The summed E-state index contributed by atoms with van der Waals surface area (Å²) in [5.74, 6) is 0.292. The first-order valence-corrected chi connectivity index (χ1v) is 6.15. The van der Waals surface area contributed by atoms with Gasteiger partial charge in [0.2, 0.25) is 5.91 Å². The molecule has 0 radical (unpaired) electrons. The van der Waals surface area contributed by atoms with Gasteiger partial charge in [-0.1, -0.05) is 36.5 Å². The fourth-order valence-corrected chi connectivity index (χ4v) is 1.43. The Morgan fingerprint density at radius 3 is 2.41 bits per heavy atom. The highest BCUT2D eigenvalue weighted by molar-refractivity contribution is 5.77. The molecule has 1 amide bonds. The summed E-state index contributed by atoms with van der Waals surface area (Å²) in [6.45, 7) is 12.6. The van der Waals surface area contributed by atoms with E-state index in [1.165, 1.54) is 5.57 Å². The maximum absolute atomic E-state index is 10.5. The number of likely N-dealkylation sites (tertiary alicyclic amines) is 1. The van der Waals surface area contributed by atoms with Crippen molar-refractivity contribution in [2.45, 2.75) is 39.5 Å². The van der Waals surface area contributed by atoms with Gasteiger partial charge in [-0.2, -0.15) is 0 Å². The van der Waals surface area contributed by atoms with Crippen LogP contribution >= 0.6 is 0 Å². The molecule has 0 atom stereocenters. The summed E-state index contributed by atoms with van der Waals surface area (Å²) in [5, 5.41) is 0. The van der Waals surface area contributed by atoms with E-state index in [1.54, 1.807) is 4.90 Å². The van der Waals surface area contributed by atoms with Gasteiger partial charge in [0.05, 0.1) is 0 Å². The lowest BCUT2D eigenvalue weighted by molar-refractivity contribution is -0.126. The van der Waals surface area contributed by atoms with E-state index in [-0.39, 0.29) is 0 Å². The molecule has 1 aliphatic heterocycles. The van der Waals surface area contributed by atoms with Gasteiger partial charge in [0.1, 0.15) is 0 Å². The Labute approximate surface area is 106 Å². The number of hydrogen-bond donors (Lipinski definition) is 0. The molecule has 0 aromatic rings. The predicted molar refractivity (Wildman–Crippen MR) is 74.9 cm³/mol. The molecule has 0 aromatic carbocycles. The van der Waals surface area contributed by atoms with Gasteiger partial charge in [-0.05, 0) is 33.1 Å². The second-order valence-corrected chi connectivity index (χ2v) is 4.60. The molecule has 1 aliphatic rings. The van der Waals surface area contributed by atoms with E-state index in [1.807, 2.05) is 13.1 Å². The van der Waals surface area contributed by atoms with E-state index >= 15 is 0 Å². The van der Waals surface area contributed by atoms with Gasteiger partial charge in [0.15, 0.2) is 0 Å². The molecule has 1 fully saturated rings. The minimum atomic E-state index is 0.292. The molecule has 17 heavy (non-hydrogen) atoms. The molecule has 0 N–H and O–H groups in total. The van der Waals surface area contributed by atoms with Crippen molar-refractivity contribution in [2.75, 3.05) is 13.6 Å². The standard InChI is InChI=1S/C10H16.C5H9NO/c1-5-10(4)8-6-7-9(2)3;1-6-4-2-3-5(6)7/h5,7H,1,4,6,8H2,2-3H3;2-4H2,1H3. The summed E-state index contributed by atoms with van der Waals surface area (Å²) >= 11 is 0. The van der Waals surface area contributed by atoms with E-state index < -0.39 is 0 Å². The lowest BCUT2D eigenvalue weighted by atomic mass is 10.1. The van der Waals surface area contributed by atoms with E-state index in [0.717, 1.165) is 37.8 Å².